The minimum absolute atomic E-state index is 0.0135. The number of carbonyl (C=O) groups is 1. The number of benzene rings is 1. The minimum atomic E-state index is -0.0135. The highest BCUT2D eigenvalue weighted by Crippen LogP contribution is 2.33. The van der Waals surface area contributed by atoms with Crippen molar-refractivity contribution in [1.29, 1.82) is 0 Å². The van der Waals surface area contributed by atoms with Gasteiger partial charge in [-0.3, -0.25) is 14.7 Å². The van der Waals surface area contributed by atoms with E-state index in [4.69, 9.17) is 16.3 Å². The van der Waals surface area contributed by atoms with Gasteiger partial charge in [0.2, 0.25) is 5.96 Å². The largest absolute Gasteiger partial charge is 0.379 e. The minimum Gasteiger partial charge on any atom is -0.379 e. The van der Waals surface area contributed by atoms with Gasteiger partial charge in [-0.15, -0.1) is 0 Å². The molecule has 0 atom stereocenters. The number of carbonyl (C=O) groups excluding carboxylic acids is 1. The Labute approximate surface area is 133 Å². The molecule has 0 saturated carbocycles. The Morgan fingerprint density at radius 2 is 2.00 bits per heavy atom. The van der Waals surface area contributed by atoms with Gasteiger partial charge in [-0.25, -0.2) is 10.0 Å². The summed E-state index contributed by atoms with van der Waals surface area (Å²) in [6.07, 6.45) is 0.891. The summed E-state index contributed by atoms with van der Waals surface area (Å²) >= 11 is 6.10. The zero-order chi connectivity index (χ0) is 15.1. The van der Waals surface area contributed by atoms with Crippen molar-refractivity contribution in [2.75, 3.05) is 44.4 Å². The first-order chi connectivity index (χ1) is 10.8. The lowest BCUT2D eigenvalue weighted by Gasteiger charge is -2.46. The Morgan fingerprint density at radius 1 is 1.18 bits per heavy atom. The smallest absolute Gasteiger partial charge is 0.262 e. The second kappa shape index (κ2) is 5.53. The molecule has 3 aliphatic rings. The molecule has 0 unspecified atom stereocenters. The molecule has 0 N–H and O–H groups in total. The highest BCUT2D eigenvalue weighted by atomic mass is 35.5. The lowest BCUT2D eigenvalue weighted by Crippen LogP contribution is -2.61. The molecule has 1 fully saturated rings. The zero-order valence-electron chi connectivity index (χ0n) is 12.2. The van der Waals surface area contributed by atoms with Crippen molar-refractivity contribution in [3.8, 4) is 0 Å². The van der Waals surface area contributed by atoms with Gasteiger partial charge in [-0.2, -0.15) is 0 Å². The first-order valence-electron chi connectivity index (χ1n) is 7.54. The monoisotopic (exact) mass is 320 g/mol. The van der Waals surface area contributed by atoms with E-state index in [0.29, 0.717) is 30.3 Å². The molecule has 1 saturated heterocycles. The summed E-state index contributed by atoms with van der Waals surface area (Å²) in [6.45, 7) is 4.38. The van der Waals surface area contributed by atoms with E-state index in [2.05, 4.69) is 15.0 Å². The van der Waals surface area contributed by atoms with Crippen molar-refractivity contribution in [2.24, 2.45) is 4.99 Å². The maximum absolute atomic E-state index is 12.7. The summed E-state index contributed by atoms with van der Waals surface area (Å²) < 4.78 is 5.44. The van der Waals surface area contributed by atoms with E-state index < -0.39 is 0 Å². The number of hydrogen-bond acceptors (Lipinski definition) is 5. The van der Waals surface area contributed by atoms with Crippen LogP contribution in [0, 0.1) is 0 Å². The maximum atomic E-state index is 12.7. The molecule has 1 amide bonds. The Bertz CT molecular complexity index is 642. The Morgan fingerprint density at radius 3 is 2.82 bits per heavy atom. The van der Waals surface area contributed by atoms with Crippen LogP contribution in [0.25, 0.3) is 0 Å². The van der Waals surface area contributed by atoms with Crippen molar-refractivity contribution < 1.29 is 9.53 Å². The van der Waals surface area contributed by atoms with Crippen molar-refractivity contribution in [3.63, 3.8) is 0 Å². The van der Waals surface area contributed by atoms with Gasteiger partial charge < -0.3 is 4.74 Å². The van der Waals surface area contributed by atoms with Gasteiger partial charge >= 0.3 is 0 Å². The van der Waals surface area contributed by atoms with Crippen LogP contribution in [-0.4, -0.2) is 61.2 Å². The number of halogens is 1. The Balaban J connectivity index is 1.84. The van der Waals surface area contributed by atoms with Gasteiger partial charge in [-0.05, 0) is 24.6 Å². The number of hydrogen-bond donors (Lipinski definition) is 0. The van der Waals surface area contributed by atoms with Crippen LogP contribution in [0.5, 0.6) is 0 Å². The van der Waals surface area contributed by atoms with E-state index in [1.807, 2.05) is 12.1 Å². The number of aliphatic imine (C=N–C) groups is 1. The molecular weight excluding hydrogens is 304 g/mol. The van der Waals surface area contributed by atoms with Crippen LogP contribution in [0.15, 0.2) is 23.2 Å². The number of rotatable bonds is 1. The van der Waals surface area contributed by atoms with E-state index in [1.54, 1.807) is 11.0 Å². The second-order valence-electron chi connectivity index (χ2n) is 5.53. The average Bonchev–Trinajstić information content (AvgIpc) is 2.57. The van der Waals surface area contributed by atoms with E-state index in [1.165, 1.54) is 0 Å². The van der Waals surface area contributed by atoms with Gasteiger partial charge in [0.05, 0.1) is 24.5 Å². The molecule has 1 aromatic rings. The zero-order valence-corrected chi connectivity index (χ0v) is 12.9. The molecule has 0 radical (unpaired) electrons. The summed E-state index contributed by atoms with van der Waals surface area (Å²) in [4.78, 5) is 19.1. The van der Waals surface area contributed by atoms with Crippen LogP contribution < -0.4 is 5.01 Å². The summed E-state index contributed by atoms with van der Waals surface area (Å²) in [5.74, 6) is 0.716. The number of guanidine groups is 1. The molecule has 1 aromatic carbocycles. The maximum Gasteiger partial charge on any atom is 0.262 e. The number of nitrogens with zero attached hydrogens (tertiary/aromatic N) is 4. The van der Waals surface area contributed by atoms with Crippen LogP contribution in [-0.2, 0) is 4.74 Å². The molecule has 7 heteroatoms. The highest BCUT2D eigenvalue weighted by Gasteiger charge is 2.39. The third kappa shape index (κ3) is 2.18. The summed E-state index contributed by atoms with van der Waals surface area (Å²) in [7, 11) is 0. The number of fused-ring (bicyclic) bond motifs is 2. The summed E-state index contributed by atoms with van der Waals surface area (Å²) in [6, 6.07) is 5.47. The van der Waals surface area contributed by atoms with Gasteiger partial charge in [-0.1, -0.05) is 11.6 Å². The van der Waals surface area contributed by atoms with Crippen molar-refractivity contribution in [3.05, 3.63) is 28.8 Å². The van der Waals surface area contributed by atoms with Crippen molar-refractivity contribution >= 4 is 29.2 Å². The molecule has 22 heavy (non-hydrogen) atoms. The Hall–Kier alpha value is -1.63. The molecule has 4 rings (SSSR count). The topological polar surface area (TPSA) is 48.4 Å². The number of anilines is 1. The predicted octanol–water partition coefficient (Wildman–Crippen LogP) is 1.61. The fraction of sp³-hybridized carbons (Fsp3) is 0.467. The van der Waals surface area contributed by atoms with E-state index in [9.17, 15) is 4.79 Å². The van der Waals surface area contributed by atoms with Gasteiger partial charge in [0, 0.05) is 31.2 Å². The van der Waals surface area contributed by atoms with Crippen molar-refractivity contribution in [1.82, 2.24) is 9.91 Å². The molecule has 3 heterocycles. The number of hydrazine groups is 1. The molecule has 0 aromatic heterocycles. The van der Waals surface area contributed by atoms with E-state index in [0.717, 1.165) is 37.7 Å². The van der Waals surface area contributed by atoms with Crippen LogP contribution in [0.1, 0.15) is 16.8 Å². The number of morpholine rings is 1. The van der Waals surface area contributed by atoms with E-state index >= 15 is 0 Å². The van der Waals surface area contributed by atoms with Crippen LogP contribution >= 0.6 is 11.6 Å². The van der Waals surface area contributed by atoms with Gasteiger partial charge in [0.15, 0.2) is 0 Å². The fourth-order valence-electron chi connectivity index (χ4n) is 3.12. The second-order valence-corrected chi connectivity index (χ2v) is 5.97. The van der Waals surface area contributed by atoms with Gasteiger partial charge in [0.25, 0.3) is 5.91 Å². The fourth-order valence-corrected chi connectivity index (χ4v) is 3.29. The van der Waals surface area contributed by atoms with Crippen LogP contribution in [0.3, 0.4) is 0 Å². The lowest BCUT2D eigenvalue weighted by molar-refractivity contribution is 0.0366. The molecule has 6 nitrogen and oxygen atoms in total. The molecule has 3 aliphatic heterocycles. The molecule has 116 valence electrons. The molecule has 0 bridgehead atoms. The summed E-state index contributed by atoms with van der Waals surface area (Å²) in [5.41, 5.74) is 1.49. The van der Waals surface area contributed by atoms with Crippen LogP contribution in [0.4, 0.5) is 5.69 Å². The number of ether oxygens (including phenoxy) is 1. The third-order valence-electron chi connectivity index (χ3n) is 4.16. The Kier molecular flexibility index (Phi) is 3.52. The van der Waals surface area contributed by atoms with E-state index in [-0.39, 0.29) is 5.91 Å². The number of amides is 1. The normalized spacial score (nSPS) is 22.2. The first kappa shape index (κ1) is 14.0. The summed E-state index contributed by atoms with van der Waals surface area (Å²) in [5, 5.41) is 4.83. The first-order valence-corrected chi connectivity index (χ1v) is 7.92. The van der Waals surface area contributed by atoms with Crippen LogP contribution in [0.2, 0.25) is 5.02 Å². The van der Waals surface area contributed by atoms with Gasteiger partial charge in [0.1, 0.15) is 0 Å². The molecule has 0 spiro atoms. The molecular formula is C15H17ClN4O2. The molecule has 0 aliphatic carbocycles. The standard InChI is InChI=1S/C15H17ClN4O2/c16-11-2-3-13-12(10-11)14(21)19-5-1-4-17-15(19)20(13)18-6-8-22-9-7-18/h2-3,10H,1,4-9H2. The third-order valence-corrected chi connectivity index (χ3v) is 4.39. The quantitative estimate of drug-likeness (QED) is 0.789. The predicted molar refractivity (Wildman–Crippen MR) is 84.3 cm³/mol. The lowest BCUT2D eigenvalue weighted by atomic mass is 10.1. The highest BCUT2D eigenvalue weighted by molar-refractivity contribution is 6.31. The SMILES string of the molecule is O=C1c2cc(Cl)ccc2N(N2CCOCC2)C2=NCCCN12. The van der Waals surface area contributed by atoms with Crippen molar-refractivity contribution in [2.45, 2.75) is 6.42 Å². The average molecular weight is 321 g/mol.